The van der Waals surface area contributed by atoms with Gasteiger partial charge in [0, 0.05) is 19.4 Å². The zero-order valence-electron chi connectivity index (χ0n) is 8.48. The molecule has 0 aliphatic rings. The molecule has 2 aromatic rings. The second-order valence-corrected chi connectivity index (χ2v) is 4.17. The second-order valence-electron chi connectivity index (χ2n) is 3.31. The van der Waals surface area contributed by atoms with Gasteiger partial charge in [0.15, 0.2) is 0 Å². The third-order valence-corrected chi connectivity index (χ3v) is 2.67. The zero-order valence-corrected chi connectivity index (χ0v) is 10.1. The molecule has 0 amide bonds. The molecule has 7 heteroatoms. The van der Waals surface area contributed by atoms with Gasteiger partial charge in [0.1, 0.15) is 0 Å². The molecule has 0 aliphatic heterocycles. The first-order valence-electron chi connectivity index (χ1n) is 4.54. The number of aromatic amines is 1. The summed E-state index contributed by atoms with van der Waals surface area (Å²) < 4.78 is 3.03. The van der Waals surface area contributed by atoms with Crippen LogP contribution < -0.4 is 11.2 Å². The highest BCUT2D eigenvalue weighted by molar-refractivity contribution is 9.10. The number of nitrogens with one attached hydrogen (secondary N) is 1. The van der Waals surface area contributed by atoms with E-state index in [0.29, 0.717) is 10.2 Å². The van der Waals surface area contributed by atoms with Crippen LogP contribution in [-0.2, 0) is 13.6 Å². The van der Waals surface area contributed by atoms with Crippen molar-refractivity contribution in [1.29, 1.82) is 0 Å². The largest absolute Gasteiger partial charge is 0.328 e. The van der Waals surface area contributed by atoms with E-state index in [1.165, 1.54) is 6.20 Å². The fourth-order valence-corrected chi connectivity index (χ4v) is 1.67. The highest BCUT2D eigenvalue weighted by atomic mass is 79.9. The maximum Gasteiger partial charge on any atom is 0.328 e. The molecule has 0 radical (unpaired) electrons. The van der Waals surface area contributed by atoms with E-state index in [9.17, 15) is 9.59 Å². The Bertz CT molecular complexity index is 625. The molecule has 0 saturated heterocycles. The third-order valence-electron chi connectivity index (χ3n) is 2.11. The van der Waals surface area contributed by atoms with Crippen molar-refractivity contribution in [1.82, 2.24) is 19.3 Å². The van der Waals surface area contributed by atoms with Crippen molar-refractivity contribution in [2.24, 2.45) is 7.05 Å². The van der Waals surface area contributed by atoms with E-state index in [-0.39, 0.29) is 12.1 Å². The van der Waals surface area contributed by atoms with Crippen molar-refractivity contribution in [3.05, 3.63) is 49.5 Å². The first kappa shape index (κ1) is 10.9. The molecular formula is C9H9BrN4O2. The van der Waals surface area contributed by atoms with Gasteiger partial charge in [-0.15, -0.1) is 0 Å². The van der Waals surface area contributed by atoms with Crippen molar-refractivity contribution in [3.63, 3.8) is 0 Å². The minimum atomic E-state index is -0.446. The molecule has 0 spiro atoms. The van der Waals surface area contributed by atoms with Gasteiger partial charge in [-0.25, -0.2) is 4.79 Å². The smallest absolute Gasteiger partial charge is 0.313 e. The topological polar surface area (TPSA) is 72.7 Å². The first-order valence-corrected chi connectivity index (χ1v) is 5.34. The van der Waals surface area contributed by atoms with Gasteiger partial charge in [-0.1, -0.05) is 0 Å². The highest BCUT2D eigenvalue weighted by Gasteiger charge is 2.07. The fraction of sp³-hybridized carbons (Fsp3) is 0.222. The number of hydrogen-bond donors (Lipinski definition) is 1. The number of hydrogen-bond acceptors (Lipinski definition) is 3. The Morgan fingerprint density at radius 2 is 2.25 bits per heavy atom. The number of H-pyrrole nitrogens is 1. The van der Waals surface area contributed by atoms with Crippen LogP contribution in [-0.4, -0.2) is 19.3 Å². The summed E-state index contributed by atoms with van der Waals surface area (Å²) in [5.41, 5.74) is -0.151. The Kier molecular flexibility index (Phi) is 2.78. The number of nitrogens with zero attached hydrogens (tertiary/aromatic N) is 3. The van der Waals surface area contributed by atoms with Gasteiger partial charge in [-0.05, 0) is 22.0 Å². The predicted octanol–water partition coefficient (Wildman–Crippen LogP) is 0.0809. The van der Waals surface area contributed by atoms with E-state index in [0.717, 1.165) is 4.57 Å². The summed E-state index contributed by atoms with van der Waals surface area (Å²) in [6.45, 7) is 0.161. The molecule has 0 unspecified atom stereocenters. The molecule has 1 N–H and O–H groups in total. The number of halogens is 1. The summed E-state index contributed by atoms with van der Waals surface area (Å²) in [6.07, 6.45) is 3.09. The SMILES string of the molecule is Cn1ccc(Cn2c(=O)[nH]cc(Br)c2=O)n1. The Labute approximate surface area is 98.7 Å². The number of rotatable bonds is 2. The van der Waals surface area contributed by atoms with Gasteiger partial charge in [0.05, 0.1) is 16.7 Å². The van der Waals surface area contributed by atoms with Crippen LogP contribution in [0.15, 0.2) is 32.5 Å². The fourth-order valence-electron chi connectivity index (χ4n) is 1.34. The number of aromatic nitrogens is 4. The Morgan fingerprint density at radius 3 is 2.88 bits per heavy atom. The standard InChI is InChI=1S/C9H9BrN4O2/c1-13-3-2-6(12-13)5-14-8(15)7(10)4-11-9(14)16/h2-4H,5H2,1H3,(H,11,16). The second kappa shape index (κ2) is 4.09. The average molecular weight is 285 g/mol. The van der Waals surface area contributed by atoms with E-state index in [1.54, 1.807) is 24.0 Å². The molecule has 2 aromatic heterocycles. The van der Waals surface area contributed by atoms with Gasteiger partial charge in [-0.2, -0.15) is 5.10 Å². The molecule has 0 bridgehead atoms. The van der Waals surface area contributed by atoms with Gasteiger partial charge in [0.2, 0.25) is 0 Å². The molecule has 0 fully saturated rings. The first-order chi connectivity index (χ1) is 7.58. The van der Waals surface area contributed by atoms with Crippen LogP contribution in [0.2, 0.25) is 0 Å². The van der Waals surface area contributed by atoms with Crippen molar-refractivity contribution in [3.8, 4) is 0 Å². The minimum absolute atomic E-state index is 0.161. The van der Waals surface area contributed by atoms with Crippen LogP contribution >= 0.6 is 15.9 Å². The molecule has 0 aromatic carbocycles. The Morgan fingerprint density at radius 1 is 1.50 bits per heavy atom. The van der Waals surface area contributed by atoms with E-state index in [4.69, 9.17) is 0 Å². The summed E-state index contributed by atoms with van der Waals surface area (Å²) >= 11 is 3.07. The summed E-state index contributed by atoms with van der Waals surface area (Å²) in [4.78, 5) is 25.6. The molecular weight excluding hydrogens is 276 g/mol. The molecule has 16 heavy (non-hydrogen) atoms. The Hall–Kier alpha value is -1.63. The monoisotopic (exact) mass is 284 g/mol. The van der Waals surface area contributed by atoms with Crippen LogP contribution in [0.25, 0.3) is 0 Å². The summed E-state index contributed by atoms with van der Waals surface area (Å²) in [5.74, 6) is 0. The lowest BCUT2D eigenvalue weighted by atomic mass is 10.4. The van der Waals surface area contributed by atoms with E-state index < -0.39 is 5.69 Å². The maximum atomic E-state index is 11.7. The summed E-state index contributed by atoms with van der Waals surface area (Å²) in [6, 6.07) is 1.76. The van der Waals surface area contributed by atoms with Crippen molar-refractivity contribution >= 4 is 15.9 Å². The van der Waals surface area contributed by atoms with Crippen LogP contribution in [0.4, 0.5) is 0 Å². The van der Waals surface area contributed by atoms with E-state index in [2.05, 4.69) is 26.0 Å². The van der Waals surface area contributed by atoms with Crippen LogP contribution in [0.5, 0.6) is 0 Å². The van der Waals surface area contributed by atoms with Crippen LogP contribution in [0.1, 0.15) is 5.69 Å². The molecule has 2 heterocycles. The van der Waals surface area contributed by atoms with Crippen molar-refractivity contribution < 1.29 is 0 Å². The maximum absolute atomic E-state index is 11.7. The van der Waals surface area contributed by atoms with E-state index in [1.807, 2.05) is 0 Å². The van der Waals surface area contributed by atoms with E-state index >= 15 is 0 Å². The molecule has 2 rings (SSSR count). The zero-order chi connectivity index (χ0) is 11.7. The summed E-state index contributed by atoms with van der Waals surface area (Å²) in [7, 11) is 1.78. The van der Waals surface area contributed by atoms with Crippen molar-refractivity contribution in [2.75, 3.05) is 0 Å². The Balaban J connectivity index is 2.46. The summed E-state index contributed by atoms with van der Waals surface area (Å²) in [5, 5.41) is 4.11. The minimum Gasteiger partial charge on any atom is -0.313 e. The molecule has 0 atom stereocenters. The molecule has 0 saturated carbocycles. The quantitative estimate of drug-likeness (QED) is 0.849. The lowest BCUT2D eigenvalue weighted by molar-refractivity contribution is 0.657. The molecule has 6 nitrogen and oxygen atoms in total. The normalized spacial score (nSPS) is 10.6. The lowest BCUT2D eigenvalue weighted by Gasteiger charge is -2.01. The third kappa shape index (κ3) is 1.99. The van der Waals surface area contributed by atoms with Crippen LogP contribution in [0, 0.1) is 0 Å². The van der Waals surface area contributed by atoms with Gasteiger partial charge in [-0.3, -0.25) is 14.0 Å². The molecule has 84 valence electrons. The van der Waals surface area contributed by atoms with Gasteiger partial charge < -0.3 is 4.98 Å². The average Bonchev–Trinajstić information content (AvgIpc) is 2.65. The van der Waals surface area contributed by atoms with Gasteiger partial charge >= 0.3 is 5.69 Å². The van der Waals surface area contributed by atoms with Crippen molar-refractivity contribution in [2.45, 2.75) is 6.54 Å². The highest BCUT2D eigenvalue weighted by Crippen LogP contribution is 1.99. The number of aryl methyl sites for hydroxylation is 1. The molecule has 0 aliphatic carbocycles. The predicted molar refractivity (Wildman–Crippen MR) is 61.3 cm³/mol. The lowest BCUT2D eigenvalue weighted by Crippen LogP contribution is -2.35. The van der Waals surface area contributed by atoms with Gasteiger partial charge in [0.25, 0.3) is 5.56 Å². The van der Waals surface area contributed by atoms with Crippen LogP contribution in [0.3, 0.4) is 0 Å².